The van der Waals surface area contributed by atoms with Gasteiger partial charge in [0.25, 0.3) is 0 Å². The van der Waals surface area contributed by atoms with Crippen molar-refractivity contribution in [2.24, 2.45) is 0 Å². The van der Waals surface area contributed by atoms with Crippen LogP contribution in [0.3, 0.4) is 0 Å². The monoisotopic (exact) mass is 558 g/mol. The zero-order valence-electron chi connectivity index (χ0n) is 21.5. The standard InChI is InChI=1S/C32H24N4O2P2/c37-15-39-31-34-28-10-8-24-23-6-3-18(11-20(23)4-7-25(24)29(28)35-31)17-1-2-19-14-26-21(13-22(19)12-17)5-9-27-30(26)36-32(33-27)40-16-38/h1-4,6-7,11-16,39-40H,5,8-10H2,(H,33,36)(H,34,35). The first-order chi connectivity index (χ1) is 19.7. The molecule has 0 spiro atoms. The molecule has 2 N–H and O–H groups in total. The number of benzene rings is 4. The zero-order chi connectivity index (χ0) is 26.8. The number of H-pyrrole nitrogens is 2. The molecular weight excluding hydrogens is 534 g/mol. The average Bonchev–Trinajstić information content (AvgIpc) is 3.59. The molecule has 6 aromatic rings. The molecule has 0 radical (unpaired) electrons. The molecular formula is C32H24N4O2P2. The SMILES string of the molecule is O=CPc1nc2c([nH]1)CCc1cc3cc(-c4ccc5c6c(ccc5c4)-c4nc(PC=O)[nH]c4CC6)ccc3cc1-2. The molecule has 6 nitrogen and oxygen atoms in total. The summed E-state index contributed by atoms with van der Waals surface area (Å²) in [5.74, 6) is 0. The quantitative estimate of drug-likeness (QED) is 0.212. The van der Waals surface area contributed by atoms with E-state index in [2.05, 4.69) is 70.6 Å². The van der Waals surface area contributed by atoms with Gasteiger partial charge in [-0.3, -0.25) is 9.59 Å². The molecule has 0 fully saturated rings. The molecule has 0 saturated heterocycles. The molecule has 4 aromatic carbocycles. The van der Waals surface area contributed by atoms with Crippen molar-refractivity contribution in [3.8, 4) is 33.6 Å². The third-order valence-corrected chi connectivity index (χ3v) is 9.51. The minimum atomic E-state index is 0.0627. The minimum absolute atomic E-state index is 0.0627. The lowest BCUT2D eigenvalue weighted by Gasteiger charge is -2.18. The Morgan fingerprint density at radius 2 is 1.27 bits per heavy atom. The summed E-state index contributed by atoms with van der Waals surface area (Å²) in [6.45, 7) is 0. The Morgan fingerprint density at radius 3 is 2.02 bits per heavy atom. The van der Waals surface area contributed by atoms with Crippen molar-refractivity contribution >= 4 is 61.9 Å². The lowest BCUT2D eigenvalue weighted by Crippen LogP contribution is -2.04. The van der Waals surface area contributed by atoms with E-state index in [1.807, 2.05) is 0 Å². The third-order valence-electron chi connectivity index (χ3n) is 8.26. The number of rotatable bonds is 5. The summed E-state index contributed by atoms with van der Waals surface area (Å²) in [4.78, 5) is 38.2. The second-order valence-corrected chi connectivity index (χ2v) is 12.4. The number of imidazole rings is 2. The predicted octanol–water partition coefficient (Wildman–Crippen LogP) is 5.63. The van der Waals surface area contributed by atoms with Crippen molar-refractivity contribution in [3.63, 3.8) is 0 Å². The number of hydrogen-bond acceptors (Lipinski definition) is 4. The summed E-state index contributed by atoms with van der Waals surface area (Å²) in [6, 6.07) is 24.3. The molecule has 194 valence electrons. The van der Waals surface area contributed by atoms with E-state index in [9.17, 15) is 9.59 Å². The highest BCUT2D eigenvalue weighted by atomic mass is 31.1. The van der Waals surface area contributed by atoms with E-state index in [1.165, 1.54) is 54.9 Å². The number of nitrogens with one attached hydrogen (secondary N) is 2. The first-order valence-corrected chi connectivity index (χ1v) is 15.6. The van der Waals surface area contributed by atoms with Crippen LogP contribution in [0, 0.1) is 0 Å². The summed E-state index contributed by atoms with van der Waals surface area (Å²) in [6.07, 6.45) is 3.75. The lowest BCUT2D eigenvalue weighted by molar-refractivity contribution is 0.569. The van der Waals surface area contributed by atoms with Crippen LogP contribution in [-0.2, 0) is 35.3 Å². The van der Waals surface area contributed by atoms with Crippen LogP contribution < -0.4 is 11.1 Å². The second kappa shape index (κ2) is 9.30. The summed E-state index contributed by atoms with van der Waals surface area (Å²) in [5.41, 5.74) is 13.2. The van der Waals surface area contributed by atoms with E-state index in [-0.39, 0.29) is 17.2 Å². The van der Waals surface area contributed by atoms with Crippen LogP contribution in [0.5, 0.6) is 0 Å². The first kappa shape index (κ1) is 23.9. The highest BCUT2D eigenvalue weighted by molar-refractivity contribution is 7.62. The van der Waals surface area contributed by atoms with Crippen LogP contribution in [0.4, 0.5) is 0 Å². The molecule has 0 saturated carbocycles. The van der Waals surface area contributed by atoms with E-state index in [1.54, 1.807) is 0 Å². The van der Waals surface area contributed by atoms with Crippen LogP contribution in [0.2, 0.25) is 0 Å². The fraction of sp³-hybridized carbons (Fsp3) is 0.125. The average molecular weight is 559 g/mol. The molecule has 2 aromatic heterocycles. The van der Waals surface area contributed by atoms with E-state index >= 15 is 0 Å². The molecule has 2 aliphatic rings. The van der Waals surface area contributed by atoms with Gasteiger partial charge in [0.15, 0.2) is 0 Å². The Kier molecular flexibility index (Phi) is 5.55. The van der Waals surface area contributed by atoms with Gasteiger partial charge in [0, 0.05) is 39.7 Å². The number of hydrogen-bond donors (Lipinski definition) is 2. The number of aromatic nitrogens is 4. The number of aromatic amines is 2. The Bertz CT molecular complexity index is 1970. The predicted molar refractivity (Wildman–Crippen MR) is 166 cm³/mol. The van der Waals surface area contributed by atoms with E-state index in [0.29, 0.717) is 0 Å². The molecule has 8 heteroatoms. The van der Waals surface area contributed by atoms with Crippen LogP contribution in [-0.4, -0.2) is 32.0 Å². The Balaban J connectivity index is 1.17. The third kappa shape index (κ3) is 3.78. The van der Waals surface area contributed by atoms with Gasteiger partial charge in [0.05, 0.1) is 11.4 Å². The maximum atomic E-state index is 11.0. The normalized spacial score (nSPS) is 14.1. The number of nitrogens with zero attached hydrogens (tertiary/aromatic N) is 2. The maximum absolute atomic E-state index is 11.0. The smallest absolute Gasteiger partial charge is 0.146 e. The van der Waals surface area contributed by atoms with Gasteiger partial charge in [-0.1, -0.05) is 42.5 Å². The highest BCUT2D eigenvalue weighted by Gasteiger charge is 2.23. The Morgan fingerprint density at radius 1 is 0.625 bits per heavy atom. The van der Waals surface area contributed by atoms with Gasteiger partial charge in [0.2, 0.25) is 0 Å². The Labute approximate surface area is 233 Å². The van der Waals surface area contributed by atoms with Crippen LogP contribution in [0.25, 0.3) is 55.2 Å². The molecule has 2 atom stereocenters. The van der Waals surface area contributed by atoms with Crippen molar-refractivity contribution in [1.82, 2.24) is 19.9 Å². The Hall–Kier alpha value is -3.98. The van der Waals surface area contributed by atoms with Gasteiger partial charge in [-0.05, 0) is 87.7 Å². The van der Waals surface area contributed by atoms with Gasteiger partial charge in [-0.25, -0.2) is 9.97 Å². The van der Waals surface area contributed by atoms with Gasteiger partial charge in [-0.2, -0.15) is 0 Å². The molecule has 2 aliphatic carbocycles. The largest absolute Gasteiger partial charge is 0.341 e. The molecule has 0 bridgehead atoms. The summed E-state index contributed by atoms with van der Waals surface area (Å²) >= 11 is 0. The van der Waals surface area contributed by atoms with Gasteiger partial charge in [-0.15, -0.1) is 0 Å². The zero-order valence-corrected chi connectivity index (χ0v) is 23.5. The van der Waals surface area contributed by atoms with Gasteiger partial charge >= 0.3 is 0 Å². The molecule has 8 rings (SSSR count). The van der Waals surface area contributed by atoms with Crippen molar-refractivity contribution in [3.05, 3.63) is 83.2 Å². The summed E-state index contributed by atoms with van der Waals surface area (Å²) < 4.78 is 0. The summed E-state index contributed by atoms with van der Waals surface area (Å²) in [7, 11) is 0.125. The molecule has 2 heterocycles. The molecule has 40 heavy (non-hydrogen) atoms. The fourth-order valence-electron chi connectivity index (χ4n) is 6.40. The first-order valence-electron chi connectivity index (χ1n) is 13.4. The van der Waals surface area contributed by atoms with Crippen LogP contribution >= 0.6 is 17.2 Å². The molecule has 2 unspecified atom stereocenters. The minimum Gasteiger partial charge on any atom is -0.341 e. The number of aryl methyl sites for hydroxylation is 4. The number of carbonyl (C=O) groups excluding carboxylic acids is 2. The van der Waals surface area contributed by atoms with Crippen molar-refractivity contribution in [1.29, 1.82) is 0 Å². The van der Waals surface area contributed by atoms with Crippen LogP contribution in [0.1, 0.15) is 22.5 Å². The fourth-order valence-corrected chi connectivity index (χ4v) is 7.42. The maximum Gasteiger partial charge on any atom is 0.146 e. The molecule has 0 aliphatic heterocycles. The van der Waals surface area contributed by atoms with Gasteiger partial charge in [0.1, 0.15) is 23.2 Å². The number of fused-ring (bicyclic) bond motifs is 9. The lowest BCUT2D eigenvalue weighted by atomic mass is 9.87. The van der Waals surface area contributed by atoms with E-state index in [4.69, 9.17) is 9.97 Å². The molecule has 0 amide bonds. The van der Waals surface area contributed by atoms with Gasteiger partial charge < -0.3 is 9.97 Å². The van der Waals surface area contributed by atoms with Crippen molar-refractivity contribution in [2.45, 2.75) is 25.7 Å². The second-order valence-electron chi connectivity index (χ2n) is 10.4. The number of carbonyl (C=O) groups is 2. The van der Waals surface area contributed by atoms with Crippen molar-refractivity contribution < 1.29 is 9.59 Å². The summed E-state index contributed by atoms with van der Waals surface area (Å²) in [5, 5.41) is 4.92. The van der Waals surface area contributed by atoms with Crippen LogP contribution in [0.15, 0.2) is 60.7 Å². The van der Waals surface area contributed by atoms with E-state index < -0.39 is 0 Å². The topological polar surface area (TPSA) is 91.5 Å². The van der Waals surface area contributed by atoms with E-state index in [0.717, 1.165) is 71.6 Å². The highest BCUT2D eigenvalue weighted by Crippen LogP contribution is 2.39. The van der Waals surface area contributed by atoms with Crippen molar-refractivity contribution in [2.75, 3.05) is 0 Å².